The lowest BCUT2D eigenvalue weighted by molar-refractivity contribution is 0.0926. The number of ether oxygens (including phenoxy) is 1. The maximum absolute atomic E-state index is 12.5. The Bertz CT molecular complexity index is 944. The molecule has 0 saturated heterocycles. The molecule has 2 amide bonds. The first-order valence-electron chi connectivity index (χ1n) is 8.25. The van der Waals surface area contributed by atoms with Crippen LogP contribution in [0.15, 0.2) is 54.0 Å². The fraction of sp³-hybridized carbons (Fsp3) is 0.150. The molecule has 0 fully saturated rings. The minimum Gasteiger partial charge on any atom is -0.493 e. The zero-order valence-electron chi connectivity index (χ0n) is 14.1. The van der Waals surface area contributed by atoms with Crippen molar-refractivity contribution in [1.29, 1.82) is 0 Å². The number of aromatic nitrogens is 1. The molecule has 0 bridgehead atoms. The third kappa shape index (κ3) is 2.88. The number of hydrogen-bond donors (Lipinski definition) is 0. The predicted octanol–water partition coefficient (Wildman–Crippen LogP) is 3.87. The molecule has 1 aliphatic heterocycles. The van der Waals surface area contributed by atoms with Gasteiger partial charge in [-0.2, -0.15) is 0 Å². The SMILES string of the molecule is Cc1ncsc1CCOc1ccc(N2C(=O)c3ccccc3C2=O)cc1. The number of aryl methyl sites for hydroxylation is 1. The van der Waals surface area contributed by atoms with Crippen molar-refractivity contribution in [3.63, 3.8) is 0 Å². The van der Waals surface area contributed by atoms with Gasteiger partial charge in [0.1, 0.15) is 5.75 Å². The summed E-state index contributed by atoms with van der Waals surface area (Å²) >= 11 is 1.63. The quantitative estimate of drug-likeness (QED) is 0.645. The van der Waals surface area contributed by atoms with Crippen LogP contribution in [0.3, 0.4) is 0 Å². The average Bonchev–Trinajstić information content (AvgIpc) is 3.18. The van der Waals surface area contributed by atoms with Crippen LogP contribution in [-0.4, -0.2) is 23.4 Å². The van der Waals surface area contributed by atoms with Gasteiger partial charge < -0.3 is 4.74 Å². The number of benzene rings is 2. The molecular formula is C20H16N2O3S. The van der Waals surface area contributed by atoms with Crippen molar-refractivity contribution in [1.82, 2.24) is 4.98 Å². The first kappa shape index (κ1) is 16.5. The lowest BCUT2D eigenvalue weighted by atomic mass is 10.1. The van der Waals surface area contributed by atoms with E-state index in [-0.39, 0.29) is 11.8 Å². The number of thiazole rings is 1. The minimum absolute atomic E-state index is 0.292. The number of hydrogen-bond acceptors (Lipinski definition) is 5. The lowest BCUT2D eigenvalue weighted by Gasteiger charge is -2.14. The summed E-state index contributed by atoms with van der Waals surface area (Å²) in [7, 11) is 0. The Morgan fingerprint density at radius 1 is 1.00 bits per heavy atom. The number of rotatable bonds is 5. The summed E-state index contributed by atoms with van der Waals surface area (Å²) in [5.41, 5.74) is 4.30. The van der Waals surface area contributed by atoms with Crippen LogP contribution in [0.2, 0.25) is 0 Å². The number of carbonyl (C=O) groups excluding carboxylic acids is 2. The van der Waals surface area contributed by atoms with Crippen molar-refractivity contribution in [3.05, 3.63) is 75.7 Å². The second kappa shape index (κ2) is 6.72. The van der Waals surface area contributed by atoms with Crippen molar-refractivity contribution in [2.75, 3.05) is 11.5 Å². The fourth-order valence-corrected chi connectivity index (χ4v) is 3.71. The van der Waals surface area contributed by atoms with E-state index in [4.69, 9.17) is 4.74 Å². The van der Waals surface area contributed by atoms with E-state index < -0.39 is 0 Å². The molecular weight excluding hydrogens is 348 g/mol. The minimum atomic E-state index is -0.292. The molecule has 2 aromatic carbocycles. The maximum atomic E-state index is 12.5. The molecule has 1 aliphatic rings. The van der Waals surface area contributed by atoms with Gasteiger partial charge in [0.15, 0.2) is 0 Å². The molecule has 0 spiro atoms. The van der Waals surface area contributed by atoms with Gasteiger partial charge in [0.2, 0.25) is 0 Å². The van der Waals surface area contributed by atoms with E-state index in [1.165, 1.54) is 9.78 Å². The van der Waals surface area contributed by atoms with E-state index in [0.717, 1.165) is 12.1 Å². The van der Waals surface area contributed by atoms with E-state index in [1.54, 1.807) is 59.9 Å². The highest BCUT2D eigenvalue weighted by molar-refractivity contribution is 7.09. The first-order chi connectivity index (χ1) is 12.6. The normalized spacial score (nSPS) is 13.2. The number of carbonyl (C=O) groups is 2. The summed E-state index contributed by atoms with van der Waals surface area (Å²) < 4.78 is 5.76. The molecule has 1 aromatic heterocycles. The van der Waals surface area contributed by atoms with Crippen LogP contribution in [0.4, 0.5) is 5.69 Å². The van der Waals surface area contributed by atoms with Crippen LogP contribution in [0.1, 0.15) is 31.3 Å². The Morgan fingerprint density at radius 2 is 1.65 bits per heavy atom. The van der Waals surface area contributed by atoms with Crippen LogP contribution in [0, 0.1) is 6.92 Å². The Hall–Kier alpha value is -2.99. The zero-order chi connectivity index (χ0) is 18.1. The van der Waals surface area contributed by atoms with Crippen molar-refractivity contribution in [2.45, 2.75) is 13.3 Å². The Labute approximate surface area is 154 Å². The molecule has 0 unspecified atom stereocenters. The Kier molecular flexibility index (Phi) is 4.26. The monoisotopic (exact) mass is 364 g/mol. The van der Waals surface area contributed by atoms with Gasteiger partial charge in [0.05, 0.1) is 34.6 Å². The smallest absolute Gasteiger partial charge is 0.266 e. The Balaban J connectivity index is 1.44. The van der Waals surface area contributed by atoms with Gasteiger partial charge in [-0.05, 0) is 43.3 Å². The summed E-state index contributed by atoms with van der Waals surface area (Å²) in [6.45, 7) is 2.54. The van der Waals surface area contributed by atoms with Crippen molar-refractivity contribution in [3.8, 4) is 5.75 Å². The Morgan fingerprint density at radius 3 is 2.23 bits per heavy atom. The highest BCUT2D eigenvalue weighted by Gasteiger charge is 2.36. The molecule has 4 rings (SSSR count). The highest BCUT2D eigenvalue weighted by Crippen LogP contribution is 2.29. The molecule has 0 N–H and O–H groups in total. The van der Waals surface area contributed by atoms with E-state index in [2.05, 4.69) is 4.98 Å². The van der Waals surface area contributed by atoms with Crippen LogP contribution in [0.5, 0.6) is 5.75 Å². The van der Waals surface area contributed by atoms with E-state index in [1.807, 2.05) is 12.4 Å². The molecule has 6 heteroatoms. The maximum Gasteiger partial charge on any atom is 0.266 e. The van der Waals surface area contributed by atoms with Crippen LogP contribution in [0.25, 0.3) is 0 Å². The first-order valence-corrected chi connectivity index (χ1v) is 9.13. The zero-order valence-corrected chi connectivity index (χ0v) is 15.0. The van der Waals surface area contributed by atoms with Gasteiger partial charge in [0, 0.05) is 11.3 Å². The number of amides is 2. The third-order valence-electron chi connectivity index (χ3n) is 4.33. The highest BCUT2D eigenvalue weighted by atomic mass is 32.1. The van der Waals surface area contributed by atoms with E-state index >= 15 is 0 Å². The second-order valence-corrected chi connectivity index (χ2v) is 6.88. The third-order valence-corrected chi connectivity index (χ3v) is 5.33. The van der Waals surface area contributed by atoms with E-state index in [9.17, 15) is 9.59 Å². The molecule has 130 valence electrons. The van der Waals surface area contributed by atoms with Crippen LogP contribution < -0.4 is 9.64 Å². The summed E-state index contributed by atoms with van der Waals surface area (Å²) in [4.78, 5) is 31.6. The molecule has 0 radical (unpaired) electrons. The molecule has 26 heavy (non-hydrogen) atoms. The number of fused-ring (bicyclic) bond motifs is 1. The van der Waals surface area contributed by atoms with Gasteiger partial charge in [-0.1, -0.05) is 12.1 Å². The van der Waals surface area contributed by atoms with Gasteiger partial charge in [0.25, 0.3) is 11.8 Å². The van der Waals surface area contributed by atoms with Gasteiger partial charge in [-0.3, -0.25) is 9.59 Å². The molecule has 3 aromatic rings. The predicted molar refractivity (Wildman–Crippen MR) is 100 cm³/mol. The van der Waals surface area contributed by atoms with Crippen LogP contribution in [-0.2, 0) is 6.42 Å². The van der Waals surface area contributed by atoms with Gasteiger partial charge in [-0.25, -0.2) is 9.88 Å². The summed E-state index contributed by atoms with van der Waals surface area (Å²) in [5, 5.41) is 0. The largest absolute Gasteiger partial charge is 0.493 e. The number of anilines is 1. The fourth-order valence-electron chi connectivity index (χ4n) is 2.94. The number of nitrogens with zero attached hydrogens (tertiary/aromatic N) is 2. The summed E-state index contributed by atoms with van der Waals surface area (Å²) in [5.74, 6) is 0.118. The molecule has 5 nitrogen and oxygen atoms in total. The van der Waals surface area contributed by atoms with Gasteiger partial charge in [-0.15, -0.1) is 11.3 Å². The van der Waals surface area contributed by atoms with Crippen molar-refractivity contribution in [2.24, 2.45) is 0 Å². The molecule has 0 atom stereocenters. The molecule has 0 aliphatic carbocycles. The van der Waals surface area contributed by atoms with Gasteiger partial charge >= 0.3 is 0 Å². The molecule has 0 saturated carbocycles. The van der Waals surface area contributed by atoms with Crippen molar-refractivity contribution >= 4 is 28.8 Å². The number of imide groups is 1. The lowest BCUT2D eigenvalue weighted by Crippen LogP contribution is -2.29. The molecule has 2 heterocycles. The van der Waals surface area contributed by atoms with E-state index in [0.29, 0.717) is 29.2 Å². The average molecular weight is 364 g/mol. The van der Waals surface area contributed by atoms with Crippen molar-refractivity contribution < 1.29 is 14.3 Å². The summed E-state index contributed by atoms with van der Waals surface area (Å²) in [6, 6.07) is 13.9. The second-order valence-electron chi connectivity index (χ2n) is 5.94. The van der Waals surface area contributed by atoms with Crippen LogP contribution >= 0.6 is 11.3 Å². The standard InChI is InChI=1S/C20H16N2O3S/c1-13-18(26-12-21-13)10-11-25-15-8-6-14(7-9-15)22-19(23)16-4-2-3-5-17(16)20(22)24/h2-9,12H,10-11H2,1H3. The summed E-state index contributed by atoms with van der Waals surface area (Å²) in [6.07, 6.45) is 0.802. The topological polar surface area (TPSA) is 59.5 Å².